The van der Waals surface area contributed by atoms with Crippen molar-refractivity contribution in [2.45, 2.75) is 13.0 Å². The molecule has 0 aromatic heterocycles. The first-order valence-corrected chi connectivity index (χ1v) is 7.41. The number of nitrogens with one attached hydrogen (secondary N) is 1. The summed E-state index contributed by atoms with van der Waals surface area (Å²) in [7, 11) is 1.53. The molecule has 0 saturated heterocycles. The number of benzene rings is 2. The SMILES string of the molecule is COc1ccccc1C(C)NC(=O)COc1cc(F)ccc1[N+](=O)[O-]. The van der Waals surface area contributed by atoms with Crippen LogP contribution >= 0.6 is 0 Å². The number of para-hydroxylation sites is 1. The lowest BCUT2D eigenvalue weighted by atomic mass is 10.1. The fourth-order valence-electron chi connectivity index (χ4n) is 2.28. The second kappa shape index (κ2) is 8.09. The molecule has 0 aliphatic rings. The highest BCUT2D eigenvalue weighted by Gasteiger charge is 2.18. The van der Waals surface area contributed by atoms with Crippen molar-refractivity contribution >= 4 is 11.6 Å². The zero-order chi connectivity index (χ0) is 18.4. The lowest BCUT2D eigenvalue weighted by Gasteiger charge is -2.17. The molecular weight excluding hydrogens is 331 g/mol. The smallest absolute Gasteiger partial charge is 0.311 e. The summed E-state index contributed by atoms with van der Waals surface area (Å²) in [5, 5.41) is 13.6. The van der Waals surface area contributed by atoms with Gasteiger partial charge in [0.1, 0.15) is 11.6 Å². The van der Waals surface area contributed by atoms with Gasteiger partial charge in [-0.2, -0.15) is 0 Å². The molecule has 1 atom stereocenters. The first-order valence-electron chi connectivity index (χ1n) is 7.41. The Bertz CT molecular complexity index is 781. The van der Waals surface area contributed by atoms with Crippen LogP contribution in [0.4, 0.5) is 10.1 Å². The van der Waals surface area contributed by atoms with Gasteiger partial charge in [-0.1, -0.05) is 18.2 Å². The molecule has 0 saturated carbocycles. The number of halogens is 1. The van der Waals surface area contributed by atoms with Crippen LogP contribution in [-0.4, -0.2) is 24.5 Å². The first-order chi connectivity index (χ1) is 11.9. The fraction of sp³-hybridized carbons (Fsp3) is 0.235. The van der Waals surface area contributed by atoms with E-state index in [4.69, 9.17) is 9.47 Å². The molecule has 2 aromatic carbocycles. The molecule has 7 nitrogen and oxygen atoms in total. The highest BCUT2D eigenvalue weighted by Crippen LogP contribution is 2.27. The Labute approximate surface area is 143 Å². The lowest BCUT2D eigenvalue weighted by molar-refractivity contribution is -0.385. The number of methoxy groups -OCH3 is 1. The van der Waals surface area contributed by atoms with Crippen molar-refractivity contribution < 1.29 is 23.6 Å². The summed E-state index contributed by atoms with van der Waals surface area (Å²) in [5.74, 6) is -0.873. The maximum Gasteiger partial charge on any atom is 0.311 e. The molecule has 132 valence electrons. The van der Waals surface area contributed by atoms with Crippen molar-refractivity contribution in [1.82, 2.24) is 5.32 Å². The zero-order valence-electron chi connectivity index (χ0n) is 13.7. The van der Waals surface area contributed by atoms with E-state index in [2.05, 4.69) is 5.32 Å². The van der Waals surface area contributed by atoms with E-state index >= 15 is 0 Å². The summed E-state index contributed by atoms with van der Waals surface area (Å²) in [6, 6.07) is 9.64. The molecule has 1 amide bonds. The van der Waals surface area contributed by atoms with Crippen molar-refractivity contribution in [3.63, 3.8) is 0 Å². The third-order valence-electron chi connectivity index (χ3n) is 3.46. The van der Waals surface area contributed by atoms with E-state index in [1.54, 1.807) is 13.0 Å². The normalized spacial score (nSPS) is 11.5. The third kappa shape index (κ3) is 4.66. The molecule has 8 heteroatoms. The van der Waals surface area contributed by atoms with Crippen LogP contribution in [0.1, 0.15) is 18.5 Å². The maximum atomic E-state index is 13.2. The van der Waals surface area contributed by atoms with Crippen molar-refractivity contribution in [3.05, 3.63) is 64.0 Å². The highest BCUT2D eigenvalue weighted by molar-refractivity contribution is 5.78. The summed E-state index contributed by atoms with van der Waals surface area (Å²) >= 11 is 0. The van der Waals surface area contributed by atoms with Crippen LogP contribution in [0.25, 0.3) is 0 Å². The van der Waals surface area contributed by atoms with Gasteiger partial charge in [-0.15, -0.1) is 0 Å². The molecule has 1 N–H and O–H groups in total. The monoisotopic (exact) mass is 348 g/mol. The van der Waals surface area contributed by atoms with Crippen LogP contribution < -0.4 is 14.8 Å². The number of ether oxygens (including phenoxy) is 2. The summed E-state index contributed by atoms with van der Waals surface area (Å²) in [5.41, 5.74) is 0.363. The number of rotatable bonds is 7. The van der Waals surface area contributed by atoms with Gasteiger partial charge in [0.15, 0.2) is 6.61 Å². The quantitative estimate of drug-likeness (QED) is 0.613. The number of hydrogen-bond donors (Lipinski definition) is 1. The van der Waals surface area contributed by atoms with Crippen LogP contribution in [0.3, 0.4) is 0 Å². The Kier molecular flexibility index (Phi) is 5.89. The van der Waals surface area contributed by atoms with Gasteiger partial charge in [0.2, 0.25) is 5.75 Å². The predicted octanol–water partition coefficient (Wildman–Crippen LogP) is 3.00. The van der Waals surface area contributed by atoms with Crippen LogP contribution in [-0.2, 0) is 4.79 Å². The van der Waals surface area contributed by atoms with Crippen molar-refractivity contribution in [3.8, 4) is 11.5 Å². The molecule has 0 spiro atoms. The molecule has 0 aliphatic carbocycles. The Balaban J connectivity index is 2.02. The third-order valence-corrected chi connectivity index (χ3v) is 3.46. The minimum atomic E-state index is -0.704. The van der Waals surface area contributed by atoms with E-state index in [0.29, 0.717) is 5.75 Å². The molecule has 2 aromatic rings. The average molecular weight is 348 g/mol. The van der Waals surface area contributed by atoms with Gasteiger partial charge in [-0.25, -0.2) is 4.39 Å². The number of nitrogens with zero attached hydrogens (tertiary/aromatic N) is 1. The average Bonchev–Trinajstić information content (AvgIpc) is 2.59. The van der Waals surface area contributed by atoms with Gasteiger partial charge >= 0.3 is 5.69 Å². The predicted molar refractivity (Wildman–Crippen MR) is 88.1 cm³/mol. The topological polar surface area (TPSA) is 90.7 Å². The summed E-state index contributed by atoms with van der Waals surface area (Å²) in [4.78, 5) is 22.2. The fourth-order valence-corrected chi connectivity index (χ4v) is 2.28. The van der Waals surface area contributed by atoms with Crippen LogP contribution in [0.15, 0.2) is 42.5 Å². The minimum absolute atomic E-state index is 0.301. The van der Waals surface area contributed by atoms with E-state index in [1.807, 2.05) is 18.2 Å². The number of amides is 1. The number of carbonyl (C=O) groups excluding carboxylic acids is 1. The zero-order valence-corrected chi connectivity index (χ0v) is 13.7. The van der Waals surface area contributed by atoms with Gasteiger partial charge < -0.3 is 14.8 Å². The molecule has 2 rings (SSSR count). The molecule has 0 heterocycles. The van der Waals surface area contributed by atoms with E-state index in [9.17, 15) is 19.3 Å². The standard InChI is InChI=1S/C17H17FN2O5/c1-11(13-5-3-4-6-15(13)24-2)19-17(21)10-25-16-9-12(18)7-8-14(16)20(22)23/h3-9,11H,10H2,1-2H3,(H,19,21). The Morgan fingerprint density at radius 3 is 2.68 bits per heavy atom. The second-order valence-corrected chi connectivity index (χ2v) is 5.19. The Hall–Kier alpha value is -3.16. The van der Waals surface area contributed by atoms with E-state index in [0.717, 1.165) is 23.8 Å². The maximum absolute atomic E-state index is 13.2. The summed E-state index contributed by atoms with van der Waals surface area (Å²) in [6.07, 6.45) is 0. The first kappa shape index (κ1) is 18.2. The minimum Gasteiger partial charge on any atom is -0.496 e. The van der Waals surface area contributed by atoms with Crippen LogP contribution in [0.2, 0.25) is 0 Å². The summed E-state index contributed by atoms with van der Waals surface area (Å²) in [6.45, 7) is 1.28. The molecule has 0 bridgehead atoms. The molecule has 0 radical (unpaired) electrons. The largest absolute Gasteiger partial charge is 0.496 e. The lowest BCUT2D eigenvalue weighted by Crippen LogP contribution is -2.31. The van der Waals surface area contributed by atoms with Gasteiger partial charge in [0, 0.05) is 17.7 Å². The summed E-state index contributed by atoms with van der Waals surface area (Å²) < 4.78 is 23.6. The van der Waals surface area contributed by atoms with Gasteiger partial charge in [0.25, 0.3) is 5.91 Å². The van der Waals surface area contributed by atoms with Gasteiger partial charge in [-0.3, -0.25) is 14.9 Å². The molecule has 0 fully saturated rings. The van der Waals surface area contributed by atoms with E-state index < -0.39 is 28.9 Å². The van der Waals surface area contributed by atoms with E-state index in [-0.39, 0.29) is 11.8 Å². The van der Waals surface area contributed by atoms with E-state index in [1.165, 1.54) is 7.11 Å². The molecular formula is C17H17FN2O5. The molecule has 1 unspecified atom stereocenters. The van der Waals surface area contributed by atoms with Crippen LogP contribution in [0, 0.1) is 15.9 Å². The van der Waals surface area contributed by atoms with Crippen molar-refractivity contribution in [2.24, 2.45) is 0 Å². The number of nitro benzene ring substituents is 1. The molecule has 0 aliphatic heterocycles. The highest BCUT2D eigenvalue weighted by atomic mass is 19.1. The van der Waals surface area contributed by atoms with Gasteiger partial charge in [0.05, 0.1) is 18.1 Å². The Morgan fingerprint density at radius 2 is 2.00 bits per heavy atom. The van der Waals surface area contributed by atoms with Crippen molar-refractivity contribution in [2.75, 3.05) is 13.7 Å². The Morgan fingerprint density at radius 1 is 1.28 bits per heavy atom. The number of carbonyl (C=O) groups is 1. The van der Waals surface area contributed by atoms with Gasteiger partial charge in [-0.05, 0) is 19.1 Å². The van der Waals surface area contributed by atoms with Crippen molar-refractivity contribution in [1.29, 1.82) is 0 Å². The number of nitro groups is 1. The van der Waals surface area contributed by atoms with Crippen LogP contribution in [0.5, 0.6) is 11.5 Å². The second-order valence-electron chi connectivity index (χ2n) is 5.19. The number of hydrogen-bond acceptors (Lipinski definition) is 5. The molecule has 25 heavy (non-hydrogen) atoms.